The van der Waals surface area contributed by atoms with E-state index in [0.717, 1.165) is 16.8 Å². The number of anilines is 1. The van der Waals surface area contributed by atoms with Crippen LogP contribution in [-0.2, 0) is 0 Å². The molecule has 0 saturated carbocycles. The van der Waals surface area contributed by atoms with Gasteiger partial charge in [-0.05, 0) is 5.92 Å². The average molecular weight is 213 g/mol. The molecule has 0 aliphatic rings. The second-order valence-corrected chi connectivity index (χ2v) is 4.04. The van der Waals surface area contributed by atoms with Crippen molar-refractivity contribution in [3.8, 4) is 11.3 Å². The lowest BCUT2D eigenvalue weighted by Gasteiger charge is -2.13. The Bertz CT molecular complexity index is 478. The summed E-state index contributed by atoms with van der Waals surface area (Å²) in [6.07, 6.45) is 1.52. The third kappa shape index (κ3) is 1.89. The molecule has 2 aromatic rings. The first-order chi connectivity index (χ1) is 7.70. The van der Waals surface area contributed by atoms with Crippen molar-refractivity contribution in [2.24, 2.45) is 0 Å². The lowest BCUT2D eigenvalue weighted by Crippen LogP contribution is -2.03. The van der Waals surface area contributed by atoms with Crippen LogP contribution in [0.4, 0.5) is 5.82 Å². The highest BCUT2D eigenvalue weighted by Gasteiger charge is 2.13. The summed E-state index contributed by atoms with van der Waals surface area (Å²) in [7, 11) is 0. The molecule has 0 aliphatic heterocycles. The largest absolute Gasteiger partial charge is 0.383 e. The van der Waals surface area contributed by atoms with Gasteiger partial charge in [0.15, 0.2) is 0 Å². The van der Waals surface area contributed by atoms with Gasteiger partial charge in [0.05, 0.1) is 5.69 Å². The van der Waals surface area contributed by atoms with Crippen molar-refractivity contribution >= 4 is 5.82 Å². The third-order valence-electron chi connectivity index (χ3n) is 2.54. The summed E-state index contributed by atoms with van der Waals surface area (Å²) in [5.74, 6) is 0.889. The summed E-state index contributed by atoms with van der Waals surface area (Å²) in [6.45, 7) is 4.20. The van der Waals surface area contributed by atoms with E-state index >= 15 is 0 Å². The fourth-order valence-electron chi connectivity index (χ4n) is 1.80. The van der Waals surface area contributed by atoms with Crippen LogP contribution in [0.25, 0.3) is 11.3 Å². The average Bonchev–Trinajstić information content (AvgIpc) is 2.29. The summed E-state index contributed by atoms with van der Waals surface area (Å²) in [5, 5.41) is 0. The van der Waals surface area contributed by atoms with Gasteiger partial charge in [-0.25, -0.2) is 9.97 Å². The molecule has 16 heavy (non-hydrogen) atoms. The maximum atomic E-state index is 5.91. The number of aromatic nitrogens is 2. The monoisotopic (exact) mass is 213 g/mol. The second-order valence-electron chi connectivity index (χ2n) is 4.04. The summed E-state index contributed by atoms with van der Waals surface area (Å²) in [4.78, 5) is 8.39. The number of hydrogen-bond donors (Lipinski definition) is 1. The highest BCUT2D eigenvalue weighted by Crippen LogP contribution is 2.29. The van der Waals surface area contributed by atoms with E-state index in [1.54, 1.807) is 0 Å². The molecule has 0 bridgehead atoms. The molecular formula is C13H15N3. The molecule has 0 amide bonds. The van der Waals surface area contributed by atoms with Crippen molar-refractivity contribution < 1.29 is 0 Å². The van der Waals surface area contributed by atoms with E-state index < -0.39 is 0 Å². The lowest BCUT2D eigenvalue weighted by molar-refractivity contribution is 0.854. The van der Waals surface area contributed by atoms with Crippen molar-refractivity contribution in [2.45, 2.75) is 19.8 Å². The number of rotatable bonds is 2. The van der Waals surface area contributed by atoms with Gasteiger partial charge in [-0.2, -0.15) is 0 Å². The van der Waals surface area contributed by atoms with Gasteiger partial charge in [-0.1, -0.05) is 44.2 Å². The Labute approximate surface area is 95.4 Å². The normalized spacial score (nSPS) is 10.7. The number of nitrogens with zero attached hydrogens (tertiary/aromatic N) is 2. The SMILES string of the molecule is CC(C)c1c(N)ncnc1-c1ccccc1. The van der Waals surface area contributed by atoms with Crippen LogP contribution in [0.15, 0.2) is 36.7 Å². The molecule has 3 heteroatoms. The van der Waals surface area contributed by atoms with Gasteiger partial charge in [0.1, 0.15) is 12.1 Å². The zero-order chi connectivity index (χ0) is 11.5. The van der Waals surface area contributed by atoms with Crippen molar-refractivity contribution in [3.05, 3.63) is 42.2 Å². The van der Waals surface area contributed by atoms with Crippen LogP contribution in [0.2, 0.25) is 0 Å². The first-order valence-corrected chi connectivity index (χ1v) is 5.36. The van der Waals surface area contributed by atoms with E-state index in [9.17, 15) is 0 Å². The van der Waals surface area contributed by atoms with Gasteiger partial charge in [0.25, 0.3) is 0 Å². The van der Waals surface area contributed by atoms with Crippen LogP contribution in [0.5, 0.6) is 0 Å². The molecule has 1 heterocycles. The smallest absolute Gasteiger partial charge is 0.130 e. The molecule has 0 fully saturated rings. The van der Waals surface area contributed by atoms with Crippen LogP contribution >= 0.6 is 0 Å². The minimum absolute atomic E-state index is 0.316. The Morgan fingerprint density at radius 3 is 2.38 bits per heavy atom. The van der Waals surface area contributed by atoms with Crippen molar-refractivity contribution in [1.82, 2.24) is 9.97 Å². The summed E-state index contributed by atoms with van der Waals surface area (Å²) >= 11 is 0. The molecule has 0 spiro atoms. The van der Waals surface area contributed by atoms with E-state index in [0.29, 0.717) is 11.7 Å². The van der Waals surface area contributed by atoms with Gasteiger partial charge in [0, 0.05) is 11.1 Å². The number of benzene rings is 1. The minimum atomic E-state index is 0.316. The van der Waals surface area contributed by atoms with Crippen LogP contribution in [0, 0.1) is 0 Å². The summed E-state index contributed by atoms with van der Waals surface area (Å²) < 4.78 is 0. The predicted octanol–water partition coefficient (Wildman–Crippen LogP) is 2.85. The predicted molar refractivity (Wildman–Crippen MR) is 66.0 cm³/mol. The minimum Gasteiger partial charge on any atom is -0.383 e. The van der Waals surface area contributed by atoms with Gasteiger partial charge in [0.2, 0.25) is 0 Å². The molecule has 0 atom stereocenters. The Kier molecular flexibility index (Phi) is 2.86. The van der Waals surface area contributed by atoms with Gasteiger partial charge in [-0.3, -0.25) is 0 Å². The van der Waals surface area contributed by atoms with E-state index in [1.165, 1.54) is 6.33 Å². The quantitative estimate of drug-likeness (QED) is 0.834. The van der Waals surface area contributed by atoms with Crippen molar-refractivity contribution in [1.29, 1.82) is 0 Å². The second kappa shape index (κ2) is 4.31. The van der Waals surface area contributed by atoms with Crippen LogP contribution < -0.4 is 5.73 Å². The number of hydrogen-bond acceptors (Lipinski definition) is 3. The highest BCUT2D eigenvalue weighted by molar-refractivity contribution is 5.68. The molecule has 2 N–H and O–H groups in total. The van der Waals surface area contributed by atoms with Gasteiger partial charge in [-0.15, -0.1) is 0 Å². The Morgan fingerprint density at radius 1 is 1.06 bits per heavy atom. The van der Waals surface area contributed by atoms with Crippen molar-refractivity contribution in [3.63, 3.8) is 0 Å². The Hall–Kier alpha value is -1.90. The van der Waals surface area contributed by atoms with E-state index in [2.05, 4.69) is 23.8 Å². The molecule has 0 radical (unpaired) electrons. The molecule has 82 valence electrons. The topological polar surface area (TPSA) is 51.8 Å². The Morgan fingerprint density at radius 2 is 1.75 bits per heavy atom. The van der Waals surface area contributed by atoms with Crippen molar-refractivity contribution in [2.75, 3.05) is 5.73 Å². The van der Waals surface area contributed by atoms with Gasteiger partial charge >= 0.3 is 0 Å². The first-order valence-electron chi connectivity index (χ1n) is 5.36. The van der Waals surface area contributed by atoms with E-state index in [1.807, 2.05) is 30.3 Å². The zero-order valence-corrected chi connectivity index (χ0v) is 9.51. The standard InChI is InChI=1S/C13H15N3/c1-9(2)11-12(15-8-16-13(11)14)10-6-4-3-5-7-10/h3-9H,1-2H3,(H2,14,15,16). The third-order valence-corrected chi connectivity index (χ3v) is 2.54. The molecule has 2 rings (SSSR count). The molecule has 1 aromatic heterocycles. The molecule has 1 aromatic carbocycles. The summed E-state index contributed by atoms with van der Waals surface area (Å²) in [6, 6.07) is 10.1. The summed E-state index contributed by atoms with van der Waals surface area (Å²) in [5.41, 5.74) is 8.95. The highest BCUT2D eigenvalue weighted by atomic mass is 14.9. The zero-order valence-electron chi connectivity index (χ0n) is 9.51. The molecule has 0 unspecified atom stereocenters. The molecule has 0 aliphatic carbocycles. The fourth-order valence-corrected chi connectivity index (χ4v) is 1.80. The number of nitrogen functional groups attached to an aromatic ring is 1. The Balaban J connectivity index is 2.61. The molecular weight excluding hydrogens is 198 g/mol. The molecule has 0 saturated heterocycles. The van der Waals surface area contributed by atoms with Gasteiger partial charge < -0.3 is 5.73 Å². The van der Waals surface area contributed by atoms with Crippen LogP contribution in [-0.4, -0.2) is 9.97 Å². The first kappa shape index (κ1) is 10.6. The maximum Gasteiger partial charge on any atom is 0.130 e. The van der Waals surface area contributed by atoms with Crippen LogP contribution in [0.3, 0.4) is 0 Å². The number of nitrogens with two attached hydrogens (primary N) is 1. The molecule has 3 nitrogen and oxygen atoms in total. The van der Waals surface area contributed by atoms with Crippen LogP contribution in [0.1, 0.15) is 25.3 Å². The van der Waals surface area contributed by atoms with E-state index in [-0.39, 0.29) is 0 Å². The maximum absolute atomic E-state index is 5.91. The fraction of sp³-hybridized carbons (Fsp3) is 0.231. The lowest BCUT2D eigenvalue weighted by atomic mass is 9.98. The van der Waals surface area contributed by atoms with E-state index in [4.69, 9.17) is 5.73 Å².